The number of aromatic nitrogens is 1. The van der Waals surface area contributed by atoms with E-state index >= 15 is 0 Å². The molecule has 108 valence electrons. The van der Waals surface area contributed by atoms with Gasteiger partial charge in [0.05, 0.1) is 0 Å². The second kappa shape index (κ2) is 5.15. The number of carbonyl (C=O) groups is 1. The van der Waals surface area contributed by atoms with Gasteiger partial charge >= 0.3 is 6.18 Å². The van der Waals surface area contributed by atoms with E-state index in [0.29, 0.717) is 11.1 Å². The van der Waals surface area contributed by atoms with Crippen molar-refractivity contribution < 1.29 is 22.4 Å². The molecule has 4 nitrogen and oxygen atoms in total. The van der Waals surface area contributed by atoms with Crippen molar-refractivity contribution in [2.45, 2.75) is 26.1 Å². The van der Waals surface area contributed by atoms with E-state index in [1.165, 1.54) is 31.5 Å². The Morgan fingerprint density at radius 1 is 1.45 bits per heavy atom. The molecule has 0 radical (unpaired) electrons. The summed E-state index contributed by atoms with van der Waals surface area (Å²) in [6.07, 6.45) is -3.24. The molecule has 20 heavy (non-hydrogen) atoms. The van der Waals surface area contributed by atoms with Crippen LogP contribution in [0.3, 0.4) is 0 Å². The van der Waals surface area contributed by atoms with Crippen molar-refractivity contribution >= 4 is 17.0 Å². The van der Waals surface area contributed by atoms with Gasteiger partial charge in [0.15, 0.2) is 12.0 Å². The molecule has 2 aromatic rings. The molecular formula is C13H13F3N2O2. The average molecular weight is 286 g/mol. The molecular weight excluding hydrogens is 273 g/mol. The van der Waals surface area contributed by atoms with Crippen molar-refractivity contribution in [3.8, 4) is 0 Å². The van der Waals surface area contributed by atoms with E-state index in [4.69, 9.17) is 4.42 Å². The van der Waals surface area contributed by atoms with Crippen LogP contribution in [0.25, 0.3) is 11.1 Å². The van der Waals surface area contributed by atoms with Crippen LogP contribution in [0.4, 0.5) is 13.2 Å². The Kier molecular flexibility index (Phi) is 3.69. The van der Waals surface area contributed by atoms with Gasteiger partial charge in [0, 0.05) is 12.1 Å². The molecule has 0 saturated heterocycles. The number of hydrogen-bond acceptors (Lipinski definition) is 3. The average Bonchev–Trinajstić information content (AvgIpc) is 2.85. The zero-order valence-corrected chi connectivity index (χ0v) is 10.9. The fraction of sp³-hybridized carbons (Fsp3) is 0.385. The number of alkyl halides is 3. The molecule has 1 aromatic carbocycles. The van der Waals surface area contributed by atoms with E-state index in [1.54, 1.807) is 0 Å². The van der Waals surface area contributed by atoms with Gasteiger partial charge in [0.1, 0.15) is 11.6 Å². The molecule has 7 heteroatoms. The standard InChI is InChI=1S/C13H13F3N2O2/c1-3-18(8(2)13(14,15)16)12(19)9-4-5-10-11(6-9)20-7-17-10/h4-8H,3H2,1-2H3/t8-/m0/s1. The molecule has 1 amide bonds. The Balaban J connectivity index is 2.32. The molecule has 1 heterocycles. The maximum Gasteiger partial charge on any atom is 0.408 e. The van der Waals surface area contributed by atoms with Crippen LogP contribution >= 0.6 is 0 Å². The Morgan fingerprint density at radius 3 is 2.75 bits per heavy atom. The summed E-state index contributed by atoms with van der Waals surface area (Å²) in [6, 6.07) is 2.54. The monoisotopic (exact) mass is 286 g/mol. The fourth-order valence-electron chi connectivity index (χ4n) is 1.92. The number of fused-ring (bicyclic) bond motifs is 1. The minimum absolute atomic E-state index is 0.0338. The van der Waals surface area contributed by atoms with Gasteiger partial charge in [-0.2, -0.15) is 13.2 Å². The van der Waals surface area contributed by atoms with E-state index in [2.05, 4.69) is 4.98 Å². The highest BCUT2D eigenvalue weighted by Gasteiger charge is 2.41. The van der Waals surface area contributed by atoms with Crippen molar-refractivity contribution in [3.63, 3.8) is 0 Å². The van der Waals surface area contributed by atoms with Gasteiger partial charge < -0.3 is 9.32 Å². The van der Waals surface area contributed by atoms with Crippen molar-refractivity contribution in [1.82, 2.24) is 9.88 Å². The lowest BCUT2D eigenvalue weighted by Crippen LogP contribution is -2.46. The van der Waals surface area contributed by atoms with Gasteiger partial charge in [-0.3, -0.25) is 4.79 Å². The minimum Gasteiger partial charge on any atom is -0.443 e. The largest absolute Gasteiger partial charge is 0.443 e. The zero-order valence-electron chi connectivity index (χ0n) is 10.9. The molecule has 0 bridgehead atoms. The van der Waals surface area contributed by atoms with Gasteiger partial charge in [-0.25, -0.2) is 4.98 Å². The predicted molar refractivity (Wildman–Crippen MR) is 66.2 cm³/mol. The normalized spacial score (nSPS) is 13.4. The Bertz CT molecular complexity index is 621. The number of rotatable bonds is 3. The first-order valence-electron chi connectivity index (χ1n) is 6.05. The summed E-state index contributed by atoms with van der Waals surface area (Å²) >= 11 is 0. The summed E-state index contributed by atoms with van der Waals surface area (Å²) in [7, 11) is 0. The number of nitrogens with zero attached hydrogens (tertiary/aromatic N) is 2. The first-order chi connectivity index (χ1) is 9.34. The van der Waals surface area contributed by atoms with Crippen LogP contribution in [0.2, 0.25) is 0 Å². The van der Waals surface area contributed by atoms with Crippen LogP contribution < -0.4 is 0 Å². The molecule has 0 unspecified atom stereocenters. The van der Waals surface area contributed by atoms with E-state index in [-0.39, 0.29) is 12.1 Å². The van der Waals surface area contributed by atoms with Crippen LogP contribution in [0.5, 0.6) is 0 Å². The topological polar surface area (TPSA) is 46.3 Å². The molecule has 0 spiro atoms. The minimum atomic E-state index is -4.46. The predicted octanol–water partition coefficient (Wildman–Crippen LogP) is 3.24. The molecule has 2 rings (SSSR count). The highest BCUT2D eigenvalue weighted by molar-refractivity contribution is 5.97. The summed E-state index contributed by atoms with van der Waals surface area (Å²) in [5.74, 6) is -0.685. The third-order valence-corrected chi connectivity index (χ3v) is 3.12. The number of benzene rings is 1. The van der Waals surface area contributed by atoms with Gasteiger partial charge in [0.2, 0.25) is 0 Å². The van der Waals surface area contributed by atoms with E-state index in [9.17, 15) is 18.0 Å². The molecule has 0 N–H and O–H groups in total. The third-order valence-electron chi connectivity index (χ3n) is 3.12. The number of halogens is 3. The van der Waals surface area contributed by atoms with Crippen LogP contribution in [0, 0.1) is 0 Å². The smallest absolute Gasteiger partial charge is 0.408 e. The van der Waals surface area contributed by atoms with Crippen molar-refractivity contribution in [2.75, 3.05) is 6.54 Å². The Morgan fingerprint density at radius 2 is 2.15 bits per heavy atom. The number of carbonyl (C=O) groups excluding carboxylic acids is 1. The molecule has 0 aliphatic heterocycles. The first-order valence-corrected chi connectivity index (χ1v) is 6.05. The SMILES string of the molecule is CCN(C(=O)c1ccc2ncoc2c1)[C@@H](C)C(F)(F)F. The van der Waals surface area contributed by atoms with E-state index in [1.807, 2.05) is 0 Å². The molecule has 0 aliphatic carbocycles. The lowest BCUT2D eigenvalue weighted by Gasteiger charge is -2.29. The molecule has 1 aromatic heterocycles. The Labute approximate surface area is 113 Å². The highest BCUT2D eigenvalue weighted by atomic mass is 19.4. The van der Waals surface area contributed by atoms with E-state index < -0.39 is 18.1 Å². The lowest BCUT2D eigenvalue weighted by molar-refractivity contribution is -0.171. The van der Waals surface area contributed by atoms with Gasteiger partial charge in [-0.1, -0.05) is 0 Å². The van der Waals surface area contributed by atoms with Crippen LogP contribution in [0.15, 0.2) is 29.0 Å². The number of oxazole rings is 1. The first kappa shape index (κ1) is 14.4. The zero-order chi connectivity index (χ0) is 14.9. The molecule has 0 saturated carbocycles. The van der Waals surface area contributed by atoms with Gasteiger partial charge in [-0.15, -0.1) is 0 Å². The van der Waals surface area contributed by atoms with Crippen molar-refractivity contribution in [3.05, 3.63) is 30.2 Å². The van der Waals surface area contributed by atoms with E-state index in [0.717, 1.165) is 11.8 Å². The summed E-state index contributed by atoms with van der Waals surface area (Å²) in [6.45, 7) is 2.44. The van der Waals surface area contributed by atoms with Crippen molar-refractivity contribution in [2.24, 2.45) is 0 Å². The maximum absolute atomic E-state index is 12.7. The van der Waals surface area contributed by atoms with Crippen LogP contribution in [0.1, 0.15) is 24.2 Å². The van der Waals surface area contributed by atoms with Crippen LogP contribution in [-0.2, 0) is 0 Å². The number of hydrogen-bond donors (Lipinski definition) is 0. The highest BCUT2D eigenvalue weighted by Crippen LogP contribution is 2.26. The summed E-state index contributed by atoms with van der Waals surface area (Å²) < 4.78 is 43.3. The maximum atomic E-state index is 12.7. The lowest BCUT2D eigenvalue weighted by atomic mass is 10.1. The number of amides is 1. The van der Waals surface area contributed by atoms with Gasteiger partial charge in [-0.05, 0) is 32.0 Å². The summed E-state index contributed by atoms with van der Waals surface area (Å²) in [4.78, 5) is 16.9. The Hall–Kier alpha value is -2.05. The summed E-state index contributed by atoms with van der Waals surface area (Å²) in [5.41, 5.74) is 1.06. The second-order valence-corrected chi connectivity index (χ2v) is 4.34. The molecule has 0 fully saturated rings. The fourth-order valence-corrected chi connectivity index (χ4v) is 1.92. The third kappa shape index (κ3) is 2.61. The van der Waals surface area contributed by atoms with Crippen LogP contribution in [-0.4, -0.2) is 34.6 Å². The molecule has 0 aliphatic rings. The van der Waals surface area contributed by atoms with Gasteiger partial charge in [0.25, 0.3) is 5.91 Å². The second-order valence-electron chi connectivity index (χ2n) is 4.34. The summed E-state index contributed by atoms with van der Waals surface area (Å²) in [5, 5.41) is 0. The molecule has 1 atom stereocenters. The van der Waals surface area contributed by atoms with Crippen molar-refractivity contribution in [1.29, 1.82) is 0 Å². The quantitative estimate of drug-likeness (QED) is 0.870.